The van der Waals surface area contributed by atoms with E-state index < -0.39 is 0 Å². The first-order valence-corrected chi connectivity index (χ1v) is 6.62. The van der Waals surface area contributed by atoms with E-state index in [9.17, 15) is 9.59 Å². The number of ether oxygens (including phenoxy) is 1. The van der Waals surface area contributed by atoms with Gasteiger partial charge in [-0.25, -0.2) is 0 Å². The van der Waals surface area contributed by atoms with E-state index >= 15 is 0 Å². The average molecular weight is 278 g/mol. The molecule has 0 fully saturated rings. The van der Waals surface area contributed by atoms with E-state index in [1.54, 1.807) is 0 Å². The third-order valence-electron chi connectivity index (χ3n) is 2.96. The second kappa shape index (κ2) is 8.32. The Kier molecular flexibility index (Phi) is 6.73. The van der Waals surface area contributed by atoms with Gasteiger partial charge in [-0.2, -0.15) is 0 Å². The number of carbonyl (C=O) groups excluding carboxylic acids is 2. The van der Waals surface area contributed by atoms with Crippen LogP contribution in [-0.4, -0.2) is 44.5 Å². The molecular weight excluding hydrogens is 256 g/mol. The van der Waals surface area contributed by atoms with Crippen LogP contribution in [0, 0.1) is 0 Å². The predicted molar refractivity (Wildman–Crippen MR) is 77.1 cm³/mol. The van der Waals surface area contributed by atoms with E-state index in [1.165, 1.54) is 7.11 Å². The van der Waals surface area contributed by atoms with Crippen molar-refractivity contribution in [1.82, 2.24) is 10.2 Å². The molecule has 0 aliphatic heterocycles. The molecule has 5 heteroatoms. The Balaban J connectivity index is 2.52. The molecule has 20 heavy (non-hydrogen) atoms. The standard InChI is InChI=1S/C15H22N2O3/c1-17(2)14(12-8-5-4-6-9-12)15(19)16-11-7-10-13(18)20-3/h4-6,8-9,14H,7,10-11H2,1-3H3,(H,16,19). The molecule has 0 aromatic heterocycles. The molecule has 1 aromatic carbocycles. The van der Waals surface area contributed by atoms with Crippen LogP contribution in [0.4, 0.5) is 0 Å². The predicted octanol–water partition coefficient (Wildman–Crippen LogP) is 1.36. The Morgan fingerprint density at radius 3 is 2.45 bits per heavy atom. The average Bonchev–Trinajstić information content (AvgIpc) is 2.44. The molecule has 0 aliphatic rings. The van der Waals surface area contributed by atoms with Crippen LogP contribution < -0.4 is 5.32 Å². The molecule has 0 bridgehead atoms. The zero-order valence-corrected chi connectivity index (χ0v) is 12.3. The fourth-order valence-electron chi connectivity index (χ4n) is 1.96. The van der Waals surface area contributed by atoms with Crippen molar-refractivity contribution in [3.63, 3.8) is 0 Å². The number of nitrogens with zero attached hydrogens (tertiary/aromatic N) is 1. The Morgan fingerprint density at radius 1 is 1.25 bits per heavy atom. The summed E-state index contributed by atoms with van der Waals surface area (Å²) in [5, 5.41) is 2.85. The minimum atomic E-state index is -0.325. The molecule has 1 atom stereocenters. The SMILES string of the molecule is COC(=O)CCCNC(=O)C(c1ccccc1)N(C)C. The maximum Gasteiger partial charge on any atom is 0.305 e. The molecule has 1 N–H and O–H groups in total. The van der Waals surface area contributed by atoms with Gasteiger partial charge in [-0.1, -0.05) is 30.3 Å². The summed E-state index contributed by atoms with van der Waals surface area (Å²) < 4.78 is 4.55. The summed E-state index contributed by atoms with van der Waals surface area (Å²) in [5.41, 5.74) is 0.947. The van der Waals surface area contributed by atoms with Crippen molar-refractivity contribution in [2.75, 3.05) is 27.7 Å². The highest BCUT2D eigenvalue weighted by Gasteiger charge is 2.22. The molecule has 1 amide bonds. The van der Waals surface area contributed by atoms with Crippen molar-refractivity contribution in [2.24, 2.45) is 0 Å². The number of hydrogen-bond acceptors (Lipinski definition) is 4. The molecule has 0 radical (unpaired) electrons. The summed E-state index contributed by atoms with van der Waals surface area (Å²) in [6.07, 6.45) is 0.891. The van der Waals surface area contributed by atoms with Gasteiger partial charge in [-0.15, -0.1) is 0 Å². The Morgan fingerprint density at radius 2 is 1.90 bits per heavy atom. The van der Waals surface area contributed by atoms with Gasteiger partial charge < -0.3 is 10.1 Å². The molecule has 0 spiro atoms. The van der Waals surface area contributed by atoms with Crippen molar-refractivity contribution in [1.29, 1.82) is 0 Å². The molecule has 1 unspecified atom stereocenters. The molecule has 1 aromatic rings. The largest absolute Gasteiger partial charge is 0.469 e. The molecule has 1 rings (SSSR count). The highest BCUT2D eigenvalue weighted by atomic mass is 16.5. The van der Waals surface area contributed by atoms with Crippen LogP contribution >= 0.6 is 0 Å². The first-order chi connectivity index (χ1) is 9.56. The van der Waals surface area contributed by atoms with Crippen molar-refractivity contribution >= 4 is 11.9 Å². The van der Waals surface area contributed by atoms with Crippen molar-refractivity contribution in [2.45, 2.75) is 18.9 Å². The second-order valence-corrected chi connectivity index (χ2v) is 4.75. The lowest BCUT2D eigenvalue weighted by Crippen LogP contribution is -2.37. The Labute approximate surface area is 119 Å². The van der Waals surface area contributed by atoms with Crippen LogP contribution in [0.25, 0.3) is 0 Å². The van der Waals surface area contributed by atoms with Crippen LogP contribution in [0.1, 0.15) is 24.4 Å². The van der Waals surface area contributed by atoms with Crippen LogP contribution in [-0.2, 0) is 14.3 Å². The van der Waals surface area contributed by atoms with Gasteiger partial charge in [0.25, 0.3) is 0 Å². The summed E-state index contributed by atoms with van der Waals surface area (Å²) in [6.45, 7) is 0.463. The van der Waals surface area contributed by atoms with Gasteiger partial charge >= 0.3 is 5.97 Å². The fraction of sp³-hybridized carbons (Fsp3) is 0.467. The number of nitrogens with one attached hydrogen (secondary N) is 1. The Bertz CT molecular complexity index is 432. The van der Waals surface area contributed by atoms with E-state index in [0.29, 0.717) is 19.4 Å². The van der Waals surface area contributed by atoms with Gasteiger partial charge in [0.15, 0.2) is 0 Å². The number of hydrogen-bond donors (Lipinski definition) is 1. The number of likely N-dealkylation sites (N-methyl/N-ethyl adjacent to an activating group) is 1. The van der Waals surface area contributed by atoms with E-state index in [1.807, 2.05) is 49.3 Å². The van der Waals surface area contributed by atoms with E-state index in [2.05, 4.69) is 10.1 Å². The zero-order valence-electron chi connectivity index (χ0n) is 12.3. The smallest absolute Gasteiger partial charge is 0.305 e. The quantitative estimate of drug-likeness (QED) is 0.604. The van der Waals surface area contributed by atoms with Gasteiger partial charge in [-0.05, 0) is 26.1 Å². The molecule has 0 heterocycles. The third-order valence-corrected chi connectivity index (χ3v) is 2.96. The van der Waals surface area contributed by atoms with Crippen molar-refractivity contribution < 1.29 is 14.3 Å². The lowest BCUT2D eigenvalue weighted by atomic mass is 10.1. The number of carbonyl (C=O) groups is 2. The zero-order chi connectivity index (χ0) is 15.0. The summed E-state index contributed by atoms with van der Waals surface area (Å²) in [4.78, 5) is 25.1. The van der Waals surface area contributed by atoms with E-state index in [-0.39, 0.29) is 17.9 Å². The number of methoxy groups -OCH3 is 1. The normalized spacial score (nSPS) is 12.0. The first kappa shape index (κ1) is 16.2. The maximum atomic E-state index is 12.2. The summed E-state index contributed by atoms with van der Waals surface area (Å²) in [5.74, 6) is -0.322. The van der Waals surface area contributed by atoms with Gasteiger partial charge in [0, 0.05) is 13.0 Å². The first-order valence-electron chi connectivity index (χ1n) is 6.62. The third kappa shape index (κ3) is 5.01. The Hall–Kier alpha value is -1.88. The molecule has 0 saturated heterocycles. The van der Waals surface area contributed by atoms with Crippen molar-refractivity contribution in [3.05, 3.63) is 35.9 Å². The topological polar surface area (TPSA) is 58.6 Å². The van der Waals surface area contributed by atoms with Gasteiger partial charge in [-0.3, -0.25) is 14.5 Å². The lowest BCUT2D eigenvalue weighted by molar-refractivity contribution is -0.140. The minimum Gasteiger partial charge on any atom is -0.469 e. The summed E-state index contributed by atoms with van der Waals surface area (Å²) in [7, 11) is 5.09. The van der Waals surface area contributed by atoms with Crippen LogP contribution in [0.5, 0.6) is 0 Å². The summed E-state index contributed by atoms with van der Waals surface area (Å²) in [6, 6.07) is 9.28. The van der Waals surface area contributed by atoms with Gasteiger partial charge in [0.2, 0.25) is 5.91 Å². The number of rotatable bonds is 7. The maximum absolute atomic E-state index is 12.2. The highest BCUT2D eigenvalue weighted by molar-refractivity contribution is 5.83. The number of esters is 1. The fourth-order valence-corrected chi connectivity index (χ4v) is 1.96. The lowest BCUT2D eigenvalue weighted by Gasteiger charge is -2.23. The van der Waals surface area contributed by atoms with E-state index in [0.717, 1.165) is 5.56 Å². The van der Waals surface area contributed by atoms with Gasteiger partial charge in [0.1, 0.15) is 6.04 Å². The number of benzene rings is 1. The van der Waals surface area contributed by atoms with Crippen molar-refractivity contribution in [3.8, 4) is 0 Å². The molecular formula is C15H22N2O3. The monoisotopic (exact) mass is 278 g/mol. The van der Waals surface area contributed by atoms with Crippen LogP contribution in [0.15, 0.2) is 30.3 Å². The summed E-state index contributed by atoms with van der Waals surface area (Å²) >= 11 is 0. The van der Waals surface area contributed by atoms with Crippen LogP contribution in [0.2, 0.25) is 0 Å². The van der Waals surface area contributed by atoms with E-state index in [4.69, 9.17) is 0 Å². The number of amides is 1. The molecule has 5 nitrogen and oxygen atoms in total. The minimum absolute atomic E-state index is 0.0638. The molecule has 0 aliphatic carbocycles. The van der Waals surface area contributed by atoms with Gasteiger partial charge in [0.05, 0.1) is 7.11 Å². The van der Waals surface area contributed by atoms with Crippen LogP contribution in [0.3, 0.4) is 0 Å². The molecule has 0 saturated carbocycles. The molecule has 110 valence electrons. The second-order valence-electron chi connectivity index (χ2n) is 4.75. The highest BCUT2D eigenvalue weighted by Crippen LogP contribution is 2.17.